The molecule has 2 aromatic carbocycles. The summed E-state index contributed by atoms with van der Waals surface area (Å²) < 4.78 is 13.7. The monoisotopic (exact) mass is 589 g/mol. The van der Waals surface area contributed by atoms with Gasteiger partial charge < -0.3 is 29.9 Å². The van der Waals surface area contributed by atoms with E-state index in [1.807, 2.05) is 13.0 Å². The fourth-order valence-electron chi connectivity index (χ4n) is 6.62. The van der Waals surface area contributed by atoms with Crippen LogP contribution in [0.4, 0.5) is 11.4 Å². The normalized spacial score (nSPS) is 23.1. The Labute approximate surface area is 251 Å². The maximum absolute atomic E-state index is 14.3. The smallest absolute Gasteiger partial charge is 0.264 e. The lowest BCUT2D eigenvalue weighted by Gasteiger charge is -2.34. The molecular formula is C32H39N5O6. The number of aryl methyl sites for hydroxylation is 1. The number of nitrogens with zero attached hydrogens (tertiary/aromatic N) is 4. The lowest BCUT2D eigenvalue weighted by molar-refractivity contribution is -0.146. The average molecular weight is 590 g/mol. The first-order valence-electron chi connectivity index (χ1n) is 14.5. The fourth-order valence-corrected chi connectivity index (χ4v) is 6.62. The molecule has 228 valence electrons. The maximum atomic E-state index is 14.3. The molecule has 2 aliphatic heterocycles. The van der Waals surface area contributed by atoms with Crippen LogP contribution in [0.1, 0.15) is 48.8 Å². The van der Waals surface area contributed by atoms with E-state index in [0.717, 1.165) is 0 Å². The second-order valence-electron chi connectivity index (χ2n) is 11.7. The molecule has 3 aromatic rings. The first-order chi connectivity index (χ1) is 20.5. The number of rotatable bonds is 11. The Morgan fingerprint density at radius 3 is 2.65 bits per heavy atom. The zero-order valence-corrected chi connectivity index (χ0v) is 25.0. The third-order valence-electron chi connectivity index (χ3n) is 8.50. The van der Waals surface area contributed by atoms with Crippen LogP contribution in [0.2, 0.25) is 0 Å². The fraction of sp³-hybridized carbons (Fsp3) is 0.438. The summed E-state index contributed by atoms with van der Waals surface area (Å²) in [5, 5.41) is 31.8. The van der Waals surface area contributed by atoms with E-state index in [1.165, 1.54) is 0 Å². The van der Waals surface area contributed by atoms with Gasteiger partial charge in [-0.2, -0.15) is 0 Å². The van der Waals surface area contributed by atoms with E-state index in [9.17, 15) is 19.8 Å². The number of benzene rings is 2. The third-order valence-corrected chi connectivity index (χ3v) is 8.50. The SMILES string of the molecule is C=CCN1C(=O)[C@]2(O[C@H](CCn3cc(CCO)nn3)[C@@H](C(C)(C)O)[C@@H]2C)c2cc(NC(=O)c3ccc(OC)cc3)ccc21. The van der Waals surface area contributed by atoms with Crippen LogP contribution in [0, 0.1) is 11.8 Å². The molecule has 2 amide bonds. The Morgan fingerprint density at radius 2 is 2.00 bits per heavy atom. The van der Waals surface area contributed by atoms with Gasteiger partial charge in [-0.3, -0.25) is 14.3 Å². The minimum absolute atomic E-state index is 0.0174. The third kappa shape index (κ3) is 5.55. The zero-order chi connectivity index (χ0) is 30.9. The van der Waals surface area contributed by atoms with Gasteiger partial charge >= 0.3 is 0 Å². The van der Waals surface area contributed by atoms with Gasteiger partial charge in [-0.15, -0.1) is 11.7 Å². The van der Waals surface area contributed by atoms with Crippen molar-refractivity contribution in [2.75, 3.05) is 30.5 Å². The number of hydrogen-bond acceptors (Lipinski definition) is 8. The molecule has 3 heterocycles. The van der Waals surface area contributed by atoms with E-state index in [2.05, 4.69) is 22.2 Å². The summed E-state index contributed by atoms with van der Waals surface area (Å²) >= 11 is 0. The molecule has 1 spiro atoms. The highest BCUT2D eigenvalue weighted by molar-refractivity contribution is 6.09. The lowest BCUT2D eigenvalue weighted by Crippen LogP contribution is -2.46. The van der Waals surface area contributed by atoms with E-state index in [-0.39, 0.29) is 25.0 Å². The molecule has 4 atom stereocenters. The molecule has 5 rings (SSSR count). The number of methoxy groups -OCH3 is 1. The van der Waals surface area contributed by atoms with Crippen molar-refractivity contribution < 1.29 is 29.3 Å². The van der Waals surface area contributed by atoms with Crippen molar-refractivity contribution in [3.05, 3.63) is 78.1 Å². The van der Waals surface area contributed by atoms with E-state index in [4.69, 9.17) is 9.47 Å². The Hall–Kier alpha value is -4.06. The summed E-state index contributed by atoms with van der Waals surface area (Å²) in [7, 11) is 1.56. The van der Waals surface area contributed by atoms with E-state index < -0.39 is 29.1 Å². The second-order valence-corrected chi connectivity index (χ2v) is 11.7. The molecule has 11 heteroatoms. The van der Waals surface area contributed by atoms with Crippen LogP contribution in [0.5, 0.6) is 5.75 Å². The number of aliphatic hydroxyl groups excluding tert-OH is 1. The van der Waals surface area contributed by atoms with Gasteiger partial charge in [0.25, 0.3) is 11.8 Å². The second kappa shape index (κ2) is 11.9. The van der Waals surface area contributed by atoms with Gasteiger partial charge in [-0.1, -0.05) is 18.2 Å². The maximum Gasteiger partial charge on any atom is 0.264 e. The highest BCUT2D eigenvalue weighted by atomic mass is 16.5. The summed E-state index contributed by atoms with van der Waals surface area (Å²) in [6.07, 6.45) is 3.84. The van der Waals surface area contributed by atoms with Crippen LogP contribution in [-0.4, -0.2) is 69.0 Å². The van der Waals surface area contributed by atoms with Crippen molar-refractivity contribution in [3.8, 4) is 5.75 Å². The Balaban J connectivity index is 1.49. The highest BCUT2D eigenvalue weighted by Gasteiger charge is 2.65. The van der Waals surface area contributed by atoms with Crippen LogP contribution in [-0.2, 0) is 28.1 Å². The van der Waals surface area contributed by atoms with Gasteiger partial charge in [0.15, 0.2) is 5.60 Å². The summed E-state index contributed by atoms with van der Waals surface area (Å²) in [5.41, 5.74) is 0.446. The largest absolute Gasteiger partial charge is 0.497 e. The number of fused-ring (bicyclic) bond motifs is 2. The number of anilines is 2. The first-order valence-corrected chi connectivity index (χ1v) is 14.5. The van der Waals surface area contributed by atoms with Crippen molar-refractivity contribution in [2.45, 2.75) is 57.5 Å². The number of ether oxygens (including phenoxy) is 2. The molecule has 43 heavy (non-hydrogen) atoms. The molecule has 1 saturated heterocycles. The first kappa shape index (κ1) is 30.4. The number of carbonyl (C=O) groups is 2. The van der Waals surface area contributed by atoms with E-state index in [1.54, 1.807) is 79.2 Å². The molecule has 1 aromatic heterocycles. The van der Waals surface area contributed by atoms with Gasteiger partial charge in [0.1, 0.15) is 5.75 Å². The summed E-state index contributed by atoms with van der Waals surface area (Å²) in [6.45, 7) is 9.99. The van der Waals surface area contributed by atoms with Crippen molar-refractivity contribution >= 4 is 23.2 Å². The highest BCUT2D eigenvalue weighted by Crippen LogP contribution is 2.58. The topological polar surface area (TPSA) is 139 Å². The number of amides is 2. The van der Waals surface area contributed by atoms with Crippen LogP contribution >= 0.6 is 0 Å². The Kier molecular flexibility index (Phi) is 8.42. The zero-order valence-electron chi connectivity index (χ0n) is 25.0. The summed E-state index contributed by atoms with van der Waals surface area (Å²) in [5.74, 6) is -0.687. The van der Waals surface area contributed by atoms with Crippen LogP contribution in [0.3, 0.4) is 0 Å². The molecular weight excluding hydrogens is 550 g/mol. The quantitative estimate of drug-likeness (QED) is 0.290. The molecule has 1 fully saturated rings. The van der Waals surface area contributed by atoms with Crippen molar-refractivity contribution in [1.82, 2.24) is 15.0 Å². The van der Waals surface area contributed by atoms with Crippen LogP contribution in [0.25, 0.3) is 0 Å². The van der Waals surface area contributed by atoms with Crippen molar-refractivity contribution in [3.63, 3.8) is 0 Å². The molecule has 0 aliphatic carbocycles. The lowest BCUT2D eigenvalue weighted by atomic mass is 9.71. The standard InChI is InChI=1S/C32H39N5O6/c1-6-15-37-26-12-9-22(33-29(39)21-7-10-24(42-5)11-8-21)18-25(26)32(30(37)40)20(2)28(31(3,4)41)27(43-32)13-16-36-19-23(14-17-38)34-35-36/h6-12,18-20,27-28,38,41H,1,13-17H2,2-5H3,(H,33,39)/t20-,27+,28-,32+/m0/s1. The Morgan fingerprint density at radius 1 is 1.26 bits per heavy atom. The number of nitrogens with one attached hydrogen (secondary N) is 1. The predicted molar refractivity (Wildman–Crippen MR) is 161 cm³/mol. The van der Waals surface area contributed by atoms with Crippen LogP contribution < -0.4 is 15.0 Å². The number of aliphatic hydroxyl groups is 2. The minimum atomic E-state index is -1.38. The van der Waals surface area contributed by atoms with Gasteiger partial charge in [-0.25, -0.2) is 0 Å². The van der Waals surface area contributed by atoms with Gasteiger partial charge in [0.05, 0.1) is 30.2 Å². The molecule has 2 aliphatic rings. The molecule has 3 N–H and O–H groups in total. The van der Waals surface area contributed by atoms with Crippen LogP contribution in [0.15, 0.2) is 61.3 Å². The number of aromatic nitrogens is 3. The Bertz CT molecular complexity index is 1500. The molecule has 0 saturated carbocycles. The van der Waals surface area contributed by atoms with Gasteiger partial charge in [-0.05, 0) is 62.7 Å². The summed E-state index contributed by atoms with van der Waals surface area (Å²) in [6, 6.07) is 12.2. The number of hydrogen-bond donors (Lipinski definition) is 3. The molecule has 0 radical (unpaired) electrons. The summed E-state index contributed by atoms with van der Waals surface area (Å²) in [4.78, 5) is 29.0. The predicted octanol–water partition coefficient (Wildman–Crippen LogP) is 3.31. The molecule has 0 bridgehead atoms. The minimum Gasteiger partial charge on any atom is -0.497 e. The van der Waals surface area contributed by atoms with Gasteiger partial charge in [0.2, 0.25) is 0 Å². The van der Waals surface area contributed by atoms with Gasteiger partial charge in [0, 0.05) is 61.0 Å². The average Bonchev–Trinajstić information content (AvgIpc) is 3.62. The van der Waals surface area contributed by atoms with Crippen molar-refractivity contribution in [2.24, 2.45) is 11.8 Å². The molecule has 0 unspecified atom stereocenters. The van der Waals surface area contributed by atoms with E-state index in [0.29, 0.717) is 53.3 Å². The number of carbonyl (C=O) groups excluding carboxylic acids is 2. The van der Waals surface area contributed by atoms with Crippen molar-refractivity contribution in [1.29, 1.82) is 0 Å². The van der Waals surface area contributed by atoms with E-state index >= 15 is 0 Å². The molecule has 11 nitrogen and oxygen atoms in total.